The lowest BCUT2D eigenvalue weighted by molar-refractivity contribution is -0.0824. The molecule has 0 heterocycles. The molecule has 4 aliphatic carbocycles. The molecule has 0 nitrogen and oxygen atoms in total. The maximum absolute atomic E-state index is 2.57. The molecule has 4 aliphatic rings. The second-order valence-electron chi connectivity index (χ2n) is 9.38. The Morgan fingerprint density at radius 3 is 2.53 bits per heavy atom. The van der Waals surface area contributed by atoms with Crippen molar-refractivity contribution >= 4 is 0 Å². The fourth-order valence-corrected chi connectivity index (χ4v) is 7.35. The fourth-order valence-electron chi connectivity index (χ4n) is 7.35. The number of fused-ring (bicyclic) bond motifs is 3. The Hall–Kier alpha value is 0. The third kappa shape index (κ3) is 1.70. The lowest BCUT2D eigenvalue weighted by atomic mass is 9.47. The predicted octanol–water partition coefficient (Wildman–Crippen LogP) is 5.67. The van der Waals surface area contributed by atoms with Crippen LogP contribution in [-0.4, -0.2) is 0 Å². The highest BCUT2D eigenvalue weighted by Gasteiger charge is 2.58. The number of rotatable bonds is 0. The van der Waals surface area contributed by atoms with Crippen molar-refractivity contribution < 1.29 is 0 Å². The van der Waals surface area contributed by atoms with E-state index in [9.17, 15) is 0 Å². The summed E-state index contributed by atoms with van der Waals surface area (Å²) in [7, 11) is 0. The van der Waals surface area contributed by atoms with Crippen LogP contribution in [0.1, 0.15) is 78.6 Å². The number of hydrogen-bond donors (Lipinski definition) is 0. The summed E-state index contributed by atoms with van der Waals surface area (Å²) >= 11 is 0. The molecule has 0 radical (unpaired) electrons. The van der Waals surface area contributed by atoms with E-state index >= 15 is 0 Å². The van der Waals surface area contributed by atoms with Gasteiger partial charge >= 0.3 is 0 Å². The molecule has 0 N–H and O–H groups in total. The molecule has 108 valence electrons. The zero-order valence-corrected chi connectivity index (χ0v) is 13.3. The molecule has 6 atom stereocenters. The van der Waals surface area contributed by atoms with Crippen molar-refractivity contribution in [2.45, 2.75) is 78.6 Å². The van der Waals surface area contributed by atoms with Gasteiger partial charge in [-0.1, -0.05) is 27.2 Å². The van der Waals surface area contributed by atoms with Gasteiger partial charge in [0.1, 0.15) is 0 Å². The molecule has 4 saturated carbocycles. The molecule has 3 unspecified atom stereocenters. The van der Waals surface area contributed by atoms with Crippen molar-refractivity contribution in [2.24, 2.45) is 40.4 Å². The van der Waals surface area contributed by atoms with E-state index < -0.39 is 0 Å². The van der Waals surface area contributed by atoms with E-state index in [1.165, 1.54) is 12.8 Å². The molecule has 0 aliphatic heterocycles. The summed E-state index contributed by atoms with van der Waals surface area (Å²) in [6.45, 7) is 7.70. The Morgan fingerprint density at radius 2 is 1.68 bits per heavy atom. The molecule has 19 heavy (non-hydrogen) atoms. The Balaban J connectivity index is 1.65. The lowest BCUT2D eigenvalue weighted by Gasteiger charge is -2.58. The molecule has 0 aromatic heterocycles. The molecular formula is C19H32. The smallest absolute Gasteiger partial charge is 0.0261 e. The molecule has 0 saturated heterocycles. The normalized spacial score (nSPS) is 55.4. The Morgan fingerprint density at radius 1 is 0.842 bits per heavy atom. The van der Waals surface area contributed by atoms with E-state index in [2.05, 4.69) is 20.8 Å². The molecule has 0 aromatic rings. The van der Waals surface area contributed by atoms with Crippen LogP contribution in [0.2, 0.25) is 0 Å². The van der Waals surface area contributed by atoms with E-state index in [1.54, 1.807) is 44.9 Å². The van der Waals surface area contributed by atoms with E-state index in [0.29, 0.717) is 5.41 Å². The molecule has 4 rings (SSSR count). The van der Waals surface area contributed by atoms with Crippen LogP contribution in [0.4, 0.5) is 0 Å². The van der Waals surface area contributed by atoms with Crippen molar-refractivity contribution in [1.29, 1.82) is 0 Å². The minimum atomic E-state index is 0.644. The first-order chi connectivity index (χ1) is 9.02. The van der Waals surface area contributed by atoms with Crippen LogP contribution in [0.3, 0.4) is 0 Å². The van der Waals surface area contributed by atoms with Gasteiger partial charge < -0.3 is 0 Å². The molecule has 0 heteroatoms. The zero-order chi connectivity index (χ0) is 13.3. The third-order valence-electron chi connectivity index (χ3n) is 8.19. The first kappa shape index (κ1) is 12.7. The molecule has 2 bridgehead atoms. The van der Waals surface area contributed by atoms with Gasteiger partial charge in [-0.05, 0) is 91.8 Å². The monoisotopic (exact) mass is 260 g/mol. The number of hydrogen-bond acceptors (Lipinski definition) is 0. The van der Waals surface area contributed by atoms with Gasteiger partial charge in [0.15, 0.2) is 0 Å². The SMILES string of the molecule is C[C@H]1C[C@@]23CCC4C(CCCC4(C)C)C2CC[C@@H]1C3. The van der Waals surface area contributed by atoms with Crippen molar-refractivity contribution in [1.82, 2.24) is 0 Å². The maximum atomic E-state index is 2.57. The summed E-state index contributed by atoms with van der Waals surface area (Å²) in [5.41, 5.74) is 1.46. The summed E-state index contributed by atoms with van der Waals surface area (Å²) in [4.78, 5) is 0. The largest absolute Gasteiger partial charge is 0.0622 e. The second kappa shape index (κ2) is 4.01. The highest BCUT2D eigenvalue weighted by Crippen LogP contribution is 2.67. The van der Waals surface area contributed by atoms with Gasteiger partial charge in [0, 0.05) is 0 Å². The van der Waals surface area contributed by atoms with Crippen LogP contribution in [0, 0.1) is 40.4 Å². The topological polar surface area (TPSA) is 0 Å². The van der Waals surface area contributed by atoms with Crippen molar-refractivity contribution in [3.63, 3.8) is 0 Å². The molecule has 0 amide bonds. The first-order valence-corrected chi connectivity index (χ1v) is 9.02. The highest BCUT2D eigenvalue weighted by atomic mass is 14.6. The van der Waals surface area contributed by atoms with Gasteiger partial charge in [-0.25, -0.2) is 0 Å². The minimum absolute atomic E-state index is 0.644. The van der Waals surface area contributed by atoms with Crippen molar-refractivity contribution in [3.8, 4) is 0 Å². The Kier molecular flexibility index (Phi) is 2.69. The minimum Gasteiger partial charge on any atom is -0.0622 e. The van der Waals surface area contributed by atoms with Gasteiger partial charge in [-0.15, -0.1) is 0 Å². The lowest BCUT2D eigenvalue weighted by Crippen LogP contribution is -2.49. The van der Waals surface area contributed by atoms with Crippen LogP contribution < -0.4 is 0 Å². The van der Waals surface area contributed by atoms with Gasteiger partial charge in [0.2, 0.25) is 0 Å². The zero-order valence-electron chi connectivity index (χ0n) is 13.3. The van der Waals surface area contributed by atoms with Crippen LogP contribution in [0.15, 0.2) is 0 Å². The molecule has 0 aromatic carbocycles. The van der Waals surface area contributed by atoms with Crippen molar-refractivity contribution in [2.75, 3.05) is 0 Å². The van der Waals surface area contributed by atoms with Crippen LogP contribution in [0.25, 0.3) is 0 Å². The summed E-state index contributed by atoms with van der Waals surface area (Å²) in [6.07, 6.45) is 14.1. The average molecular weight is 260 g/mol. The Labute approximate surface area is 119 Å². The maximum Gasteiger partial charge on any atom is -0.0261 e. The van der Waals surface area contributed by atoms with Gasteiger partial charge in [-0.3, -0.25) is 0 Å². The molecule has 1 spiro atoms. The van der Waals surface area contributed by atoms with Gasteiger partial charge in [-0.2, -0.15) is 0 Å². The van der Waals surface area contributed by atoms with Crippen LogP contribution in [-0.2, 0) is 0 Å². The van der Waals surface area contributed by atoms with E-state index in [1.807, 2.05) is 0 Å². The fraction of sp³-hybridized carbons (Fsp3) is 1.00. The Bertz CT molecular complexity index is 364. The van der Waals surface area contributed by atoms with Crippen molar-refractivity contribution in [3.05, 3.63) is 0 Å². The quantitative estimate of drug-likeness (QED) is 0.527. The highest BCUT2D eigenvalue weighted by molar-refractivity contribution is 5.08. The summed E-state index contributed by atoms with van der Waals surface area (Å²) < 4.78 is 0. The molecule has 4 fully saturated rings. The summed E-state index contributed by atoms with van der Waals surface area (Å²) in [5, 5.41) is 0. The summed E-state index contributed by atoms with van der Waals surface area (Å²) in [6, 6.07) is 0. The van der Waals surface area contributed by atoms with Gasteiger partial charge in [0.25, 0.3) is 0 Å². The average Bonchev–Trinajstić information content (AvgIpc) is 2.59. The van der Waals surface area contributed by atoms with E-state index in [-0.39, 0.29) is 0 Å². The third-order valence-corrected chi connectivity index (χ3v) is 8.19. The van der Waals surface area contributed by atoms with E-state index in [4.69, 9.17) is 0 Å². The standard InChI is InChI=1S/C19H32/c1-13-11-19-10-8-16-15(5-4-9-18(16,2)3)17(19)7-6-14(13)12-19/h13-17H,4-12H2,1-3H3/t13-,14+,15?,16?,17?,19+/m0/s1. The predicted molar refractivity (Wildman–Crippen MR) is 80.9 cm³/mol. The second-order valence-corrected chi connectivity index (χ2v) is 9.38. The first-order valence-electron chi connectivity index (χ1n) is 9.02. The van der Waals surface area contributed by atoms with Crippen LogP contribution in [0.5, 0.6) is 0 Å². The summed E-state index contributed by atoms with van der Waals surface area (Å²) in [5.74, 6) is 5.42. The van der Waals surface area contributed by atoms with E-state index in [0.717, 1.165) is 35.0 Å². The van der Waals surface area contributed by atoms with Crippen LogP contribution >= 0.6 is 0 Å². The molecular weight excluding hydrogens is 228 g/mol. The van der Waals surface area contributed by atoms with Gasteiger partial charge in [0.05, 0.1) is 0 Å².